The summed E-state index contributed by atoms with van der Waals surface area (Å²) < 4.78 is 0. The molecule has 7 nitrogen and oxygen atoms in total. The van der Waals surface area contributed by atoms with Crippen molar-refractivity contribution in [2.24, 2.45) is 5.73 Å². The summed E-state index contributed by atoms with van der Waals surface area (Å²) in [5.41, 5.74) is 5.95. The molecule has 3 fully saturated rings. The van der Waals surface area contributed by atoms with E-state index in [9.17, 15) is 14.4 Å². The number of primary amides is 1. The number of nitrogens with two attached hydrogens (primary N) is 1. The van der Waals surface area contributed by atoms with Crippen molar-refractivity contribution in [3.63, 3.8) is 0 Å². The van der Waals surface area contributed by atoms with Gasteiger partial charge in [0.15, 0.2) is 0 Å². The molecule has 1 unspecified atom stereocenters. The Hall–Kier alpha value is -2.12. The molecule has 33 heavy (non-hydrogen) atoms. The molecule has 0 saturated carbocycles. The lowest BCUT2D eigenvalue weighted by Crippen LogP contribution is -2.63. The van der Waals surface area contributed by atoms with Gasteiger partial charge in [0, 0.05) is 36.5 Å². The van der Waals surface area contributed by atoms with Crippen molar-refractivity contribution < 1.29 is 14.4 Å². The van der Waals surface area contributed by atoms with Crippen LogP contribution >= 0.6 is 11.6 Å². The number of hydrogen-bond donors (Lipinski definition) is 2. The quantitative estimate of drug-likeness (QED) is 0.635. The fraction of sp³-hybridized carbons (Fsp3) is 0.640. The van der Waals surface area contributed by atoms with Gasteiger partial charge in [0.1, 0.15) is 5.54 Å². The Morgan fingerprint density at radius 1 is 1.00 bits per heavy atom. The number of benzene rings is 1. The standard InChI is InChI=1S/C25H35ClN4O3/c26-20-6-4-19(5-7-20)18-24(10-8-21(31)28-24)11-9-22(32)29-16-12-25(13-17-29,23(27)33)30-14-2-1-3-15-30/h4-7H,1-3,8-18H2,(H2,27,33)(H,28,31). The van der Waals surface area contributed by atoms with E-state index < -0.39 is 11.1 Å². The van der Waals surface area contributed by atoms with Gasteiger partial charge >= 0.3 is 0 Å². The highest BCUT2D eigenvalue weighted by atomic mass is 35.5. The Labute approximate surface area is 201 Å². The highest BCUT2D eigenvalue weighted by Gasteiger charge is 2.46. The lowest BCUT2D eigenvalue weighted by atomic mass is 9.82. The zero-order valence-corrected chi connectivity index (χ0v) is 20.0. The number of carbonyl (C=O) groups excluding carboxylic acids is 3. The molecule has 3 amide bonds. The average molecular weight is 475 g/mol. The molecule has 1 aromatic carbocycles. The van der Waals surface area contributed by atoms with E-state index in [1.54, 1.807) is 0 Å². The van der Waals surface area contributed by atoms with E-state index in [1.165, 1.54) is 6.42 Å². The maximum absolute atomic E-state index is 13.1. The molecule has 0 spiro atoms. The first kappa shape index (κ1) is 24.0. The summed E-state index contributed by atoms with van der Waals surface area (Å²) >= 11 is 6.01. The van der Waals surface area contributed by atoms with E-state index in [1.807, 2.05) is 29.2 Å². The van der Waals surface area contributed by atoms with E-state index in [-0.39, 0.29) is 17.7 Å². The zero-order chi connectivity index (χ0) is 23.5. The smallest absolute Gasteiger partial charge is 0.238 e. The minimum absolute atomic E-state index is 0.0437. The lowest BCUT2D eigenvalue weighted by molar-refractivity contribution is -0.142. The summed E-state index contributed by atoms with van der Waals surface area (Å²) in [6, 6.07) is 7.66. The molecule has 1 aromatic rings. The minimum atomic E-state index is -0.619. The predicted molar refractivity (Wildman–Crippen MR) is 128 cm³/mol. The Balaban J connectivity index is 1.36. The van der Waals surface area contributed by atoms with Gasteiger partial charge in [-0.25, -0.2) is 0 Å². The van der Waals surface area contributed by atoms with Gasteiger partial charge in [-0.05, 0) is 75.7 Å². The van der Waals surface area contributed by atoms with Crippen LogP contribution in [0.3, 0.4) is 0 Å². The van der Waals surface area contributed by atoms with Crippen molar-refractivity contribution in [3.8, 4) is 0 Å². The van der Waals surface area contributed by atoms with Crippen molar-refractivity contribution in [1.82, 2.24) is 15.1 Å². The normalized spacial score (nSPS) is 25.6. The molecule has 8 heteroatoms. The molecular weight excluding hydrogens is 440 g/mol. The van der Waals surface area contributed by atoms with E-state index in [0.717, 1.165) is 37.9 Å². The SMILES string of the molecule is NC(=O)C1(N2CCCCC2)CCN(C(=O)CCC2(Cc3ccc(Cl)cc3)CCC(=O)N2)CC1. The summed E-state index contributed by atoms with van der Waals surface area (Å²) in [7, 11) is 0. The van der Waals surface area contributed by atoms with Gasteiger partial charge in [0.2, 0.25) is 17.7 Å². The molecule has 180 valence electrons. The van der Waals surface area contributed by atoms with Crippen LogP contribution in [0.1, 0.15) is 63.4 Å². The van der Waals surface area contributed by atoms with Crippen LogP contribution in [0.2, 0.25) is 5.02 Å². The minimum Gasteiger partial charge on any atom is -0.368 e. The van der Waals surface area contributed by atoms with E-state index in [2.05, 4.69) is 10.2 Å². The van der Waals surface area contributed by atoms with Crippen LogP contribution in [0.4, 0.5) is 0 Å². The van der Waals surface area contributed by atoms with Crippen molar-refractivity contribution in [3.05, 3.63) is 34.9 Å². The van der Waals surface area contributed by atoms with Crippen molar-refractivity contribution in [2.75, 3.05) is 26.2 Å². The summed E-state index contributed by atoms with van der Waals surface area (Å²) in [5.74, 6) is -0.127. The number of halogens is 1. The second-order valence-corrected chi connectivity index (χ2v) is 10.4. The average Bonchev–Trinajstić information content (AvgIpc) is 3.20. The molecule has 3 aliphatic rings. The number of piperidine rings is 2. The fourth-order valence-corrected chi connectivity index (χ4v) is 5.97. The van der Waals surface area contributed by atoms with Crippen LogP contribution in [0, 0.1) is 0 Å². The molecule has 0 aromatic heterocycles. The molecule has 0 aliphatic carbocycles. The van der Waals surface area contributed by atoms with Crippen LogP contribution < -0.4 is 11.1 Å². The lowest BCUT2D eigenvalue weighted by Gasteiger charge is -2.48. The van der Waals surface area contributed by atoms with Crippen molar-refractivity contribution in [1.29, 1.82) is 0 Å². The highest BCUT2D eigenvalue weighted by Crippen LogP contribution is 2.33. The van der Waals surface area contributed by atoms with Gasteiger partial charge in [-0.2, -0.15) is 0 Å². The van der Waals surface area contributed by atoms with Gasteiger partial charge < -0.3 is 16.0 Å². The number of rotatable bonds is 7. The third-order valence-electron chi connectivity index (χ3n) is 7.87. The molecular formula is C25H35ClN4O3. The van der Waals surface area contributed by atoms with Gasteiger partial charge in [-0.15, -0.1) is 0 Å². The number of nitrogens with zero attached hydrogens (tertiary/aromatic N) is 2. The highest BCUT2D eigenvalue weighted by molar-refractivity contribution is 6.30. The second kappa shape index (κ2) is 10.0. The second-order valence-electron chi connectivity index (χ2n) is 9.96. The Kier molecular flexibility index (Phi) is 7.29. The Morgan fingerprint density at radius 2 is 1.67 bits per heavy atom. The maximum atomic E-state index is 13.1. The third kappa shape index (κ3) is 5.35. The molecule has 1 atom stereocenters. The fourth-order valence-electron chi connectivity index (χ4n) is 5.85. The monoisotopic (exact) mass is 474 g/mol. The predicted octanol–water partition coefficient (Wildman–Crippen LogP) is 2.64. The number of nitrogens with one attached hydrogen (secondary N) is 1. The van der Waals surface area contributed by atoms with Crippen LogP contribution in [0.5, 0.6) is 0 Å². The number of hydrogen-bond acceptors (Lipinski definition) is 4. The molecule has 3 aliphatic heterocycles. The Morgan fingerprint density at radius 3 is 2.24 bits per heavy atom. The van der Waals surface area contributed by atoms with Gasteiger partial charge in [-0.3, -0.25) is 19.3 Å². The molecule has 0 bridgehead atoms. The van der Waals surface area contributed by atoms with Crippen LogP contribution in [0.15, 0.2) is 24.3 Å². The molecule has 4 rings (SSSR count). The number of likely N-dealkylation sites (tertiary alicyclic amines) is 2. The summed E-state index contributed by atoms with van der Waals surface area (Å²) in [5, 5.41) is 3.83. The topological polar surface area (TPSA) is 95.7 Å². The number of carbonyl (C=O) groups is 3. The zero-order valence-electron chi connectivity index (χ0n) is 19.3. The van der Waals surface area contributed by atoms with Crippen LogP contribution in [-0.4, -0.2) is 64.8 Å². The first-order valence-electron chi connectivity index (χ1n) is 12.2. The first-order valence-corrected chi connectivity index (χ1v) is 12.6. The largest absolute Gasteiger partial charge is 0.368 e. The van der Waals surface area contributed by atoms with E-state index >= 15 is 0 Å². The van der Waals surface area contributed by atoms with Gasteiger partial charge in [0.05, 0.1) is 0 Å². The van der Waals surface area contributed by atoms with Crippen LogP contribution in [0.25, 0.3) is 0 Å². The summed E-state index contributed by atoms with van der Waals surface area (Å²) in [4.78, 5) is 41.7. The van der Waals surface area contributed by atoms with Gasteiger partial charge in [0.25, 0.3) is 0 Å². The molecule has 0 radical (unpaired) electrons. The maximum Gasteiger partial charge on any atom is 0.238 e. The molecule has 3 N–H and O–H groups in total. The third-order valence-corrected chi connectivity index (χ3v) is 8.12. The van der Waals surface area contributed by atoms with Gasteiger partial charge in [-0.1, -0.05) is 30.2 Å². The van der Waals surface area contributed by atoms with Crippen LogP contribution in [-0.2, 0) is 20.8 Å². The van der Waals surface area contributed by atoms with Crippen molar-refractivity contribution >= 4 is 29.3 Å². The molecule has 3 heterocycles. The van der Waals surface area contributed by atoms with E-state index in [0.29, 0.717) is 56.6 Å². The summed E-state index contributed by atoms with van der Waals surface area (Å²) in [6.07, 6.45) is 7.46. The first-order chi connectivity index (χ1) is 15.8. The van der Waals surface area contributed by atoms with Crippen molar-refractivity contribution in [2.45, 2.75) is 75.3 Å². The Bertz CT molecular complexity index is 876. The summed E-state index contributed by atoms with van der Waals surface area (Å²) in [6.45, 7) is 2.91. The van der Waals surface area contributed by atoms with E-state index in [4.69, 9.17) is 17.3 Å². The number of amides is 3. The molecule has 3 saturated heterocycles.